The highest BCUT2D eigenvalue weighted by Crippen LogP contribution is 2.47. The van der Waals surface area contributed by atoms with Gasteiger partial charge in [-0.2, -0.15) is 0 Å². The third-order valence-corrected chi connectivity index (χ3v) is 4.92. The lowest BCUT2D eigenvalue weighted by molar-refractivity contribution is -0.116. The van der Waals surface area contributed by atoms with Crippen LogP contribution in [-0.4, -0.2) is 47.7 Å². The number of halogens is 1. The number of anilines is 1. The lowest BCUT2D eigenvalue weighted by Gasteiger charge is -2.37. The third-order valence-electron chi connectivity index (χ3n) is 4.28. The first-order valence-corrected chi connectivity index (χ1v) is 7.59. The molecule has 7 heteroatoms. The average molecular weight is 354 g/mol. The summed E-state index contributed by atoms with van der Waals surface area (Å²) < 4.78 is 0.914. The zero-order chi connectivity index (χ0) is 15.1. The van der Waals surface area contributed by atoms with E-state index in [2.05, 4.69) is 15.9 Å². The van der Waals surface area contributed by atoms with Gasteiger partial charge in [0.2, 0.25) is 5.91 Å². The van der Waals surface area contributed by atoms with Gasteiger partial charge in [0.05, 0.1) is 12.2 Å². The monoisotopic (exact) mass is 353 g/mol. The number of hydrogen-bond acceptors (Lipinski definition) is 3. The van der Waals surface area contributed by atoms with E-state index in [4.69, 9.17) is 5.73 Å². The van der Waals surface area contributed by atoms with Crippen molar-refractivity contribution in [3.8, 4) is 0 Å². The molecular formula is C14H16BrN3O3. The Bertz CT molecular complexity index is 607. The van der Waals surface area contributed by atoms with E-state index in [0.717, 1.165) is 15.7 Å². The number of benzene rings is 1. The van der Waals surface area contributed by atoms with Gasteiger partial charge in [0.1, 0.15) is 0 Å². The Balaban J connectivity index is 2.00. The molecular weight excluding hydrogens is 338 g/mol. The van der Waals surface area contributed by atoms with Crippen molar-refractivity contribution in [1.29, 1.82) is 0 Å². The molecule has 0 aromatic heterocycles. The van der Waals surface area contributed by atoms with Gasteiger partial charge in [-0.15, -0.1) is 0 Å². The van der Waals surface area contributed by atoms with Gasteiger partial charge in [-0.05, 0) is 34.0 Å². The molecule has 2 heterocycles. The van der Waals surface area contributed by atoms with Crippen LogP contribution in [0, 0.1) is 0 Å². The van der Waals surface area contributed by atoms with Crippen LogP contribution in [0.4, 0.5) is 10.5 Å². The fourth-order valence-corrected chi connectivity index (χ4v) is 4.07. The number of para-hydroxylation sites is 1. The van der Waals surface area contributed by atoms with Crippen LogP contribution >= 0.6 is 15.9 Å². The molecule has 1 aromatic rings. The number of amides is 2. The van der Waals surface area contributed by atoms with E-state index in [9.17, 15) is 14.7 Å². The Hall–Kier alpha value is -1.76. The molecule has 6 nitrogen and oxygen atoms in total. The van der Waals surface area contributed by atoms with E-state index in [1.165, 1.54) is 4.90 Å². The number of hydrogen-bond donors (Lipinski definition) is 2. The summed E-state index contributed by atoms with van der Waals surface area (Å²) in [5.74, 6) is -0.292. The molecule has 2 amide bonds. The van der Waals surface area contributed by atoms with Gasteiger partial charge in [-0.25, -0.2) is 4.79 Å². The minimum atomic E-state index is -0.890. The Morgan fingerprint density at radius 2 is 2.19 bits per heavy atom. The number of piperidine rings is 1. The Morgan fingerprint density at radius 1 is 1.43 bits per heavy atom. The van der Waals surface area contributed by atoms with Crippen LogP contribution in [0.5, 0.6) is 0 Å². The van der Waals surface area contributed by atoms with Crippen LogP contribution < -0.4 is 10.6 Å². The summed E-state index contributed by atoms with van der Waals surface area (Å²) in [6.07, 6.45) is -0.191. The van der Waals surface area contributed by atoms with Crippen LogP contribution in [0.1, 0.15) is 17.9 Å². The van der Waals surface area contributed by atoms with Crippen molar-refractivity contribution in [2.24, 2.45) is 5.73 Å². The largest absolute Gasteiger partial charge is 0.465 e. The van der Waals surface area contributed by atoms with Crippen LogP contribution in [-0.2, 0) is 4.79 Å². The molecule has 0 spiro atoms. The van der Waals surface area contributed by atoms with E-state index >= 15 is 0 Å². The van der Waals surface area contributed by atoms with Crippen molar-refractivity contribution in [3.63, 3.8) is 0 Å². The summed E-state index contributed by atoms with van der Waals surface area (Å²) >= 11 is 3.53. The van der Waals surface area contributed by atoms with Gasteiger partial charge < -0.3 is 20.6 Å². The number of nitrogens with two attached hydrogens (primary N) is 1. The molecule has 2 atom stereocenters. The number of primary amides is 1. The quantitative estimate of drug-likeness (QED) is 0.845. The predicted octanol–water partition coefficient (Wildman–Crippen LogP) is 1.59. The van der Waals surface area contributed by atoms with Crippen molar-refractivity contribution in [2.45, 2.75) is 18.4 Å². The second-order valence-electron chi connectivity index (χ2n) is 5.46. The van der Waals surface area contributed by atoms with Gasteiger partial charge in [0.15, 0.2) is 0 Å². The number of carbonyl (C=O) groups is 2. The Morgan fingerprint density at radius 3 is 2.86 bits per heavy atom. The maximum atomic E-state index is 11.4. The van der Waals surface area contributed by atoms with Crippen LogP contribution in [0.15, 0.2) is 22.7 Å². The van der Waals surface area contributed by atoms with E-state index in [-0.39, 0.29) is 24.4 Å². The van der Waals surface area contributed by atoms with E-state index < -0.39 is 6.09 Å². The Labute approximate surface area is 130 Å². The minimum absolute atomic E-state index is 0.0849. The molecule has 2 unspecified atom stereocenters. The van der Waals surface area contributed by atoms with Gasteiger partial charge in [-0.3, -0.25) is 4.79 Å². The molecule has 2 aliphatic heterocycles. The van der Waals surface area contributed by atoms with Crippen molar-refractivity contribution in [3.05, 3.63) is 28.2 Å². The molecule has 112 valence electrons. The van der Waals surface area contributed by atoms with E-state index in [1.807, 2.05) is 23.1 Å². The molecule has 1 aromatic carbocycles. The summed E-state index contributed by atoms with van der Waals surface area (Å²) in [4.78, 5) is 26.1. The zero-order valence-corrected chi connectivity index (χ0v) is 12.9. The van der Waals surface area contributed by atoms with Gasteiger partial charge in [0, 0.05) is 29.5 Å². The predicted molar refractivity (Wildman–Crippen MR) is 81.4 cm³/mol. The second kappa shape index (κ2) is 5.22. The molecule has 0 radical (unpaired) electrons. The van der Waals surface area contributed by atoms with Crippen molar-refractivity contribution in [2.75, 3.05) is 24.5 Å². The summed E-state index contributed by atoms with van der Waals surface area (Å²) in [6.45, 7) is 1.10. The van der Waals surface area contributed by atoms with Gasteiger partial charge in [0.25, 0.3) is 0 Å². The first-order chi connectivity index (χ1) is 9.99. The van der Waals surface area contributed by atoms with Crippen molar-refractivity contribution < 1.29 is 14.7 Å². The molecule has 0 saturated carbocycles. The minimum Gasteiger partial charge on any atom is -0.465 e. The number of fused-ring (bicyclic) bond motifs is 3. The topological polar surface area (TPSA) is 86.9 Å². The SMILES string of the molecule is NC(=O)CN1c2c(Br)cccc2C2CN(C(=O)O)CCC21. The van der Waals surface area contributed by atoms with Crippen molar-refractivity contribution >= 4 is 33.6 Å². The summed E-state index contributed by atoms with van der Waals surface area (Å²) in [6, 6.07) is 6.00. The fraction of sp³-hybridized carbons (Fsp3) is 0.429. The van der Waals surface area contributed by atoms with Crippen LogP contribution in [0.2, 0.25) is 0 Å². The normalized spacial score (nSPS) is 23.7. The smallest absolute Gasteiger partial charge is 0.407 e. The van der Waals surface area contributed by atoms with Crippen LogP contribution in [0.25, 0.3) is 0 Å². The van der Waals surface area contributed by atoms with Gasteiger partial charge >= 0.3 is 6.09 Å². The third kappa shape index (κ3) is 2.35. The zero-order valence-electron chi connectivity index (χ0n) is 11.3. The lowest BCUT2D eigenvalue weighted by atomic mass is 9.89. The molecule has 0 aliphatic carbocycles. The maximum absolute atomic E-state index is 11.4. The summed E-state index contributed by atoms with van der Waals surface area (Å²) in [7, 11) is 0. The van der Waals surface area contributed by atoms with Crippen LogP contribution in [0.3, 0.4) is 0 Å². The summed E-state index contributed by atoms with van der Waals surface area (Å²) in [5.41, 5.74) is 7.43. The highest BCUT2D eigenvalue weighted by molar-refractivity contribution is 9.10. The highest BCUT2D eigenvalue weighted by Gasteiger charge is 2.43. The van der Waals surface area contributed by atoms with Gasteiger partial charge in [-0.1, -0.05) is 12.1 Å². The lowest BCUT2D eigenvalue weighted by Crippen LogP contribution is -2.49. The molecule has 1 fully saturated rings. The number of likely N-dealkylation sites (tertiary alicyclic amines) is 1. The summed E-state index contributed by atoms with van der Waals surface area (Å²) in [5, 5.41) is 9.20. The average Bonchev–Trinajstić information content (AvgIpc) is 2.73. The van der Waals surface area contributed by atoms with E-state index in [1.54, 1.807) is 0 Å². The first-order valence-electron chi connectivity index (χ1n) is 6.80. The Kier molecular flexibility index (Phi) is 3.52. The molecule has 3 rings (SSSR count). The number of carbonyl (C=O) groups excluding carboxylic acids is 1. The molecule has 0 bridgehead atoms. The standard InChI is InChI=1S/C14H16BrN3O3/c15-10-3-1-2-8-9-6-17(14(20)21)5-4-11(9)18(13(8)10)7-12(16)19/h1-3,9,11H,4-7H2,(H2,16,19)(H,20,21). The molecule has 3 N–H and O–H groups in total. The van der Waals surface area contributed by atoms with E-state index in [0.29, 0.717) is 19.5 Å². The molecule has 1 saturated heterocycles. The number of rotatable bonds is 2. The maximum Gasteiger partial charge on any atom is 0.407 e. The molecule has 21 heavy (non-hydrogen) atoms. The second-order valence-corrected chi connectivity index (χ2v) is 6.32. The number of nitrogens with zero attached hydrogens (tertiary/aromatic N) is 2. The van der Waals surface area contributed by atoms with Crippen molar-refractivity contribution in [1.82, 2.24) is 4.90 Å². The number of carboxylic acid groups (broad SMARTS) is 1. The highest BCUT2D eigenvalue weighted by atomic mass is 79.9. The molecule has 2 aliphatic rings. The first kappa shape index (κ1) is 14.2. The fourth-order valence-electron chi connectivity index (χ4n) is 3.46.